The molecule has 4 rings (SSSR count). The van der Waals surface area contributed by atoms with Gasteiger partial charge in [-0.15, -0.1) is 0 Å². The molecule has 3 aliphatic carbocycles. The van der Waals surface area contributed by atoms with Crippen molar-refractivity contribution in [1.29, 1.82) is 0 Å². The van der Waals surface area contributed by atoms with E-state index in [-0.39, 0.29) is 22.7 Å². The molecule has 0 radical (unpaired) electrons. The Balaban J connectivity index is 1.57. The normalized spacial score (nSPS) is 42.9. The number of halogens is 1. The Morgan fingerprint density at radius 2 is 1.83 bits per heavy atom. The van der Waals surface area contributed by atoms with Gasteiger partial charge in [0.15, 0.2) is 0 Å². The van der Waals surface area contributed by atoms with Gasteiger partial charge in [0.2, 0.25) is 0 Å². The van der Waals surface area contributed by atoms with Crippen molar-refractivity contribution in [1.82, 2.24) is 0 Å². The van der Waals surface area contributed by atoms with Crippen LogP contribution in [-0.4, -0.2) is 12.1 Å². The van der Waals surface area contributed by atoms with E-state index in [1.807, 2.05) is 0 Å². The molecule has 29 heavy (non-hydrogen) atoms. The number of ether oxygens (including phenoxy) is 1. The molecule has 0 spiro atoms. The van der Waals surface area contributed by atoms with Crippen LogP contribution in [0.5, 0.6) is 0 Å². The minimum atomic E-state index is -0.848. The largest absolute Gasteiger partial charge is 0.431 e. The standard InChI is InChI=1S/C26H41FO2/c1-16(2)7-6-8-17(3)19-9-10-20-23-21(12-14-25(19,20)4)26(5)13-11-18(27)15-22(26)24(28)29-23/h16-20,22H,6-15H2,1-5H3/t17-,18+,19-,20+,22-,25-,26-/m1/s1. The van der Waals surface area contributed by atoms with E-state index in [4.69, 9.17) is 4.74 Å². The molecule has 3 heteroatoms. The summed E-state index contributed by atoms with van der Waals surface area (Å²) in [5.41, 5.74) is 1.46. The molecule has 4 aliphatic rings. The fourth-order valence-electron chi connectivity index (χ4n) is 7.63. The predicted octanol–water partition coefficient (Wildman–Crippen LogP) is 7.23. The smallest absolute Gasteiger partial charge is 0.315 e. The fourth-order valence-corrected chi connectivity index (χ4v) is 7.63. The highest BCUT2D eigenvalue weighted by atomic mass is 19.1. The van der Waals surface area contributed by atoms with Crippen molar-refractivity contribution in [2.24, 2.45) is 40.4 Å². The molecule has 164 valence electrons. The molecule has 0 amide bonds. The summed E-state index contributed by atoms with van der Waals surface area (Å²) >= 11 is 0. The lowest BCUT2D eigenvalue weighted by Crippen LogP contribution is -2.49. The number of esters is 1. The van der Waals surface area contributed by atoms with E-state index >= 15 is 0 Å². The molecule has 0 aromatic heterocycles. The number of fused-ring (bicyclic) bond motifs is 4. The van der Waals surface area contributed by atoms with Gasteiger partial charge in [-0.2, -0.15) is 0 Å². The highest BCUT2D eigenvalue weighted by Crippen LogP contribution is 2.65. The summed E-state index contributed by atoms with van der Waals surface area (Å²) in [4.78, 5) is 12.9. The minimum absolute atomic E-state index is 0.147. The number of alkyl halides is 1. The molecule has 0 unspecified atom stereocenters. The average Bonchev–Trinajstić information content (AvgIpc) is 3.00. The van der Waals surface area contributed by atoms with Crippen molar-refractivity contribution in [3.63, 3.8) is 0 Å². The van der Waals surface area contributed by atoms with Gasteiger partial charge in [-0.25, -0.2) is 4.39 Å². The second-order valence-corrected chi connectivity index (χ2v) is 11.6. The van der Waals surface area contributed by atoms with Crippen LogP contribution < -0.4 is 0 Å². The summed E-state index contributed by atoms with van der Waals surface area (Å²) in [7, 11) is 0. The summed E-state index contributed by atoms with van der Waals surface area (Å²) in [6.07, 6.45) is 9.49. The van der Waals surface area contributed by atoms with E-state index in [0.29, 0.717) is 18.8 Å². The Hall–Kier alpha value is -0.860. The zero-order valence-electron chi connectivity index (χ0n) is 19.2. The summed E-state index contributed by atoms with van der Waals surface area (Å²) in [5, 5.41) is 0. The predicted molar refractivity (Wildman–Crippen MR) is 115 cm³/mol. The maximum atomic E-state index is 14.1. The van der Waals surface area contributed by atoms with Crippen LogP contribution in [-0.2, 0) is 9.53 Å². The number of hydrogen-bond acceptors (Lipinski definition) is 2. The summed E-state index contributed by atoms with van der Waals surface area (Å²) in [6.45, 7) is 11.8. The van der Waals surface area contributed by atoms with Gasteiger partial charge in [-0.3, -0.25) is 4.79 Å². The van der Waals surface area contributed by atoms with Crippen molar-refractivity contribution in [3.8, 4) is 0 Å². The van der Waals surface area contributed by atoms with Crippen LogP contribution in [0.3, 0.4) is 0 Å². The van der Waals surface area contributed by atoms with Crippen molar-refractivity contribution >= 4 is 5.97 Å². The first kappa shape index (κ1) is 21.4. The lowest BCUT2D eigenvalue weighted by atomic mass is 9.55. The van der Waals surface area contributed by atoms with Gasteiger partial charge in [0.1, 0.15) is 11.9 Å². The van der Waals surface area contributed by atoms with Gasteiger partial charge in [0.25, 0.3) is 0 Å². The van der Waals surface area contributed by atoms with Crippen molar-refractivity contribution in [2.75, 3.05) is 0 Å². The number of hydrogen-bond donors (Lipinski definition) is 0. The third kappa shape index (κ3) is 3.49. The Morgan fingerprint density at radius 3 is 2.55 bits per heavy atom. The van der Waals surface area contributed by atoms with Crippen LogP contribution >= 0.6 is 0 Å². The van der Waals surface area contributed by atoms with Crippen LogP contribution in [0.15, 0.2) is 11.3 Å². The van der Waals surface area contributed by atoms with Crippen molar-refractivity contribution in [2.45, 2.75) is 105 Å². The second-order valence-electron chi connectivity index (χ2n) is 11.6. The second kappa shape index (κ2) is 7.68. The first-order valence-electron chi connectivity index (χ1n) is 12.3. The summed E-state index contributed by atoms with van der Waals surface area (Å²) in [5.74, 6) is 3.22. The molecule has 0 bridgehead atoms. The van der Waals surface area contributed by atoms with Crippen molar-refractivity contribution < 1.29 is 13.9 Å². The summed E-state index contributed by atoms with van der Waals surface area (Å²) in [6, 6.07) is 0. The summed E-state index contributed by atoms with van der Waals surface area (Å²) < 4.78 is 20.1. The van der Waals surface area contributed by atoms with E-state index in [2.05, 4.69) is 34.6 Å². The molecule has 0 saturated heterocycles. The minimum Gasteiger partial charge on any atom is -0.431 e. The molecule has 2 saturated carbocycles. The lowest BCUT2D eigenvalue weighted by molar-refractivity contribution is -0.158. The van der Waals surface area contributed by atoms with E-state index in [0.717, 1.165) is 42.8 Å². The number of carbonyl (C=O) groups excluding carboxylic acids is 1. The average molecular weight is 405 g/mol. The molecule has 1 aliphatic heterocycles. The van der Waals surface area contributed by atoms with Crippen LogP contribution in [0.2, 0.25) is 0 Å². The van der Waals surface area contributed by atoms with E-state index in [1.165, 1.54) is 37.7 Å². The topological polar surface area (TPSA) is 26.3 Å². The zero-order valence-corrected chi connectivity index (χ0v) is 19.2. The third-order valence-corrected chi connectivity index (χ3v) is 9.49. The number of allylic oxidation sites excluding steroid dienone is 2. The molecule has 0 aromatic carbocycles. The SMILES string of the molecule is CC(C)CCC[C@@H](C)[C@H]1CC[C@H]2C3=C(CC[C@]12C)[C@@]1(C)CC[C@H](F)C[C@@H]1C(=O)O3. The van der Waals surface area contributed by atoms with Gasteiger partial charge in [0.05, 0.1) is 5.92 Å². The fraction of sp³-hybridized carbons (Fsp3) is 0.885. The van der Waals surface area contributed by atoms with E-state index in [1.54, 1.807) is 0 Å². The van der Waals surface area contributed by atoms with Crippen LogP contribution in [0.1, 0.15) is 98.8 Å². The Kier molecular flexibility index (Phi) is 5.66. The molecule has 0 aromatic rings. The Labute approximate surface area is 177 Å². The first-order chi connectivity index (χ1) is 13.7. The first-order valence-corrected chi connectivity index (χ1v) is 12.3. The number of rotatable bonds is 5. The molecule has 1 heterocycles. The molecule has 7 atom stereocenters. The molecular weight excluding hydrogens is 363 g/mol. The van der Waals surface area contributed by atoms with E-state index in [9.17, 15) is 9.18 Å². The number of carbonyl (C=O) groups is 1. The monoisotopic (exact) mass is 404 g/mol. The third-order valence-electron chi connectivity index (χ3n) is 9.49. The van der Waals surface area contributed by atoms with Gasteiger partial charge >= 0.3 is 5.97 Å². The Morgan fingerprint density at radius 1 is 1.07 bits per heavy atom. The lowest BCUT2D eigenvalue weighted by Gasteiger charge is -2.52. The van der Waals surface area contributed by atoms with Crippen LogP contribution in [0.4, 0.5) is 4.39 Å². The molecule has 2 nitrogen and oxygen atoms in total. The highest BCUT2D eigenvalue weighted by molar-refractivity contribution is 5.77. The quantitative estimate of drug-likeness (QED) is 0.452. The van der Waals surface area contributed by atoms with Crippen LogP contribution in [0.25, 0.3) is 0 Å². The van der Waals surface area contributed by atoms with Gasteiger partial charge < -0.3 is 4.74 Å². The Bertz CT molecular complexity index is 682. The molecule has 2 fully saturated rings. The zero-order chi connectivity index (χ0) is 21.0. The van der Waals surface area contributed by atoms with Gasteiger partial charge in [-0.1, -0.05) is 53.9 Å². The highest BCUT2D eigenvalue weighted by Gasteiger charge is 2.59. The van der Waals surface area contributed by atoms with E-state index < -0.39 is 6.17 Å². The van der Waals surface area contributed by atoms with Crippen LogP contribution in [0, 0.1) is 40.4 Å². The molecular formula is C26H41FO2. The van der Waals surface area contributed by atoms with Gasteiger partial charge in [0, 0.05) is 11.3 Å². The van der Waals surface area contributed by atoms with Gasteiger partial charge in [-0.05, 0) is 73.7 Å². The maximum Gasteiger partial charge on any atom is 0.315 e. The van der Waals surface area contributed by atoms with Crippen molar-refractivity contribution in [3.05, 3.63) is 11.3 Å². The molecule has 0 N–H and O–H groups in total. The maximum absolute atomic E-state index is 14.1.